The number of rotatable bonds is 5. The molecule has 0 N–H and O–H groups in total. The van der Waals surface area contributed by atoms with Crippen LogP contribution in [-0.2, 0) is 0 Å². The van der Waals surface area contributed by atoms with E-state index in [1.54, 1.807) is 66.7 Å². The lowest BCUT2D eigenvalue weighted by atomic mass is 10.1. The van der Waals surface area contributed by atoms with E-state index in [2.05, 4.69) is 0 Å². The zero-order chi connectivity index (χ0) is 22.0. The molecule has 1 aliphatic carbocycles. The first-order chi connectivity index (χ1) is 15.0. The molecule has 0 radical (unpaired) electrons. The molecule has 31 heavy (non-hydrogen) atoms. The molecule has 0 spiro atoms. The van der Waals surface area contributed by atoms with Crippen LogP contribution in [-0.4, -0.2) is 31.8 Å². The molecule has 3 aromatic rings. The predicted octanol–water partition coefficient (Wildman–Crippen LogP) is 4.39. The molecule has 0 saturated carbocycles. The van der Waals surface area contributed by atoms with Crippen molar-refractivity contribution in [3.63, 3.8) is 0 Å². The zero-order valence-electron chi connectivity index (χ0n) is 16.9. The van der Waals surface area contributed by atoms with Crippen molar-refractivity contribution in [1.29, 1.82) is 0 Å². The van der Waals surface area contributed by atoms with Crippen LogP contribution < -0.4 is 14.2 Å². The molecule has 3 aromatic carbocycles. The van der Waals surface area contributed by atoms with E-state index >= 15 is 0 Å². The van der Waals surface area contributed by atoms with Gasteiger partial charge in [-0.05, 0) is 35.9 Å². The summed E-state index contributed by atoms with van der Waals surface area (Å²) in [6, 6.07) is 18.2. The van der Waals surface area contributed by atoms with Crippen molar-refractivity contribution in [2.75, 3.05) is 14.2 Å². The van der Waals surface area contributed by atoms with Crippen LogP contribution >= 0.6 is 0 Å². The number of para-hydroxylation sites is 1. The summed E-state index contributed by atoms with van der Waals surface area (Å²) in [6.07, 6.45) is 1.51. The lowest BCUT2D eigenvalue weighted by molar-refractivity contribution is 0.0725. The number of hydrogen-bond acceptors (Lipinski definition) is 6. The van der Waals surface area contributed by atoms with Gasteiger partial charge in [0.25, 0.3) is 0 Å². The summed E-state index contributed by atoms with van der Waals surface area (Å²) in [4.78, 5) is 37.8. The number of fused-ring (bicyclic) bond motifs is 1. The van der Waals surface area contributed by atoms with E-state index in [4.69, 9.17) is 14.2 Å². The SMILES string of the molecule is COc1cc(C=C2C(=O)c3ccccc3C2=O)ccc1OC(=O)c1ccccc1OC. The topological polar surface area (TPSA) is 78.9 Å². The second-order valence-corrected chi connectivity index (χ2v) is 6.76. The van der Waals surface area contributed by atoms with Gasteiger partial charge in [-0.15, -0.1) is 0 Å². The van der Waals surface area contributed by atoms with Crippen molar-refractivity contribution < 1.29 is 28.6 Å². The molecule has 0 aromatic heterocycles. The van der Waals surface area contributed by atoms with Crippen LogP contribution in [0.5, 0.6) is 17.2 Å². The van der Waals surface area contributed by atoms with Gasteiger partial charge in [-0.2, -0.15) is 0 Å². The highest BCUT2D eigenvalue weighted by atomic mass is 16.6. The third-order valence-electron chi connectivity index (χ3n) is 4.93. The lowest BCUT2D eigenvalue weighted by Gasteiger charge is -2.11. The van der Waals surface area contributed by atoms with Crippen LogP contribution in [0.2, 0.25) is 0 Å². The summed E-state index contributed by atoms with van der Waals surface area (Å²) in [5.41, 5.74) is 1.72. The third-order valence-corrected chi connectivity index (χ3v) is 4.93. The molecule has 6 nitrogen and oxygen atoms in total. The van der Waals surface area contributed by atoms with Gasteiger partial charge >= 0.3 is 5.97 Å². The van der Waals surface area contributed by atoms with Gasteiger partial charge < -0.3 is 14.2 Å². The van der Waals surface area contributed by atoms with Gasteiger partial charge in [-0.1, -0.05) is 42.5 Å². The molecule has 6 heteroatoms. The van der Waals surface area contributed by atoms with E-state index < -0.39 is 5.97 Å². The van der Waals surface area contributed by atoms with Crippen molar-refractivity contribution in [3.05, 3.63) is 94.6 Å². The average molecular weight is 414 g/mol. The third kappa shape index (κ3) is 3.71. The first-order valence-electron chi connectivity index (χ1n) is 9.47. The average Bonchev–Trinajstić information content (AvgIpc) is 3.04. The predicted molar refractivity (Wildman–Crippen MR) is 114 cm³/mol. The van der Waals surface area contributed by atoms with Gasteiger partial charge in [0.05, 0.1) is 19.8 Å². The fourth-order valence-corrected chi connectivity index (χ4v) is 3.40. The first kappa shape index (κ1) is 20.1. The minimum Gasteiger partial charge on any atom is -0.496 e. The molecule has 154 valence electrons. The number of carbonyl (C=O) groups is 3. The van der Waals surface area contributed by atoms with E-state index in [1.807, 2.05) is 0 Å². The molecule has 4 rings (SSSR count). The Labute approximate surface area is 178 Å². The number of carbonyl (C=O) groups excluding carboxylic acids is 3. The number of hydrogen-bond donors (Lipinski definition) is 0. The first-order valence-corrected chi connectivity index (χ1v) is 9.47. The Balaban J connectivity index is 1.62. The monoisotopic (exact) mass is 414 g/mol. The normalized spacial score (nSPS) is 12.4. The Morgan fingerprint density at radius 1 is 0.742 bits per heavy atom. The highest BCUT2D eigenvalue weighted by molar-refractivity contribution is 6.41. The fourth-order valence-electron chi connectivity index (χ4n) is 3.40. The maximum absolute atomic E-state index is 12.6. The summed E-state index contributed by atoms with van der Waals surface area (Å²) in [5.74, 6) is -0.345. The molecule has 1 aliphatic rings. The molecule has 0 aliphatic heterocycles. The number of benzene rings is 3. The number of Topliss-reactive ketones (excluding diaryl/α,β-unsaturated/α-hetero) is 2. The molecular weight excluding hydrogens is 396 g/mol. The van der Waals surface area contributed by atoms with Crippen molar-refractivity contribution in [2.24, 2.45) is 0 Å². The van der Waals surface area contributed by atoms with Crippen molar-refractivity contribution in [3.8, 4) is 17.2 Å². The fraction of sp³-hybridized carbons (Fsp3) is 0.0800. The van der Waals surface area contributed by atoms with E-state index in [0.29, 0.717) is 22.4 Å². The van der Waals surface area contributed by atoms with Gasteiger partial charge in [-0.25, -0.2) is 4.79 Å². The van der Waals surface area contributed by atoms with E-state index in [9.17, 15) is 14.4 Å². The second kappa shape index (κ2) is 8.28. The number of ketones is 2. The quantitative estimate of drug-likeness (QED) is 0.267. The molecule has 0 unspecified atom stereocenters. The molecule has 0 saturated heterocycles. The highest BCUT2D eigenvalue weighted by Gasteiger charge is 2.32. The van der Waals surface area contributed by atoms with Crippen molar-refractivity contribution in [2.45, 2.75) is 0 Å². The van der Waals surface area contributed by atoms with Crippen molar-refractivity contribution >= 4 is 23.6 Å². The Hall–Kier alpha value is -4.19. The maximum atomic E-state index is 12.6. The molecular formula is C25H18O6. The van der Waals surface area contributed by atoms with Crippen LogP contribution in [0.1, 0.15) is 36.6 Å². The number of methoxy groups -OCH3 is 2. The molecule has 0 fully saturated rings. The van der Waals surface area contributed by atoms with Crippen molar-refractivity contribution in [1.82, 2.24) is 0 Å². The van der Waals surface area contributed by atoms with Gasteiger partial charge in [0.15, 0.2) is 23.1 Å². The molecule has 0 heterocycles. The number of esters is 1. The van der Waals surface area contributed by atoms with Crippen LogP contribution in [0.25, 0.3) is 6.08 Å². The zero-order valence-corrected chi connectivity index (χ0v) is 16.9. The van der Waals surface area contributed by atoms with Crippen LogP contribution in [0, 0.1) is 0 Å². The Kier molecular flexibility index (Phi) is 5.37. The van der Waals surface area contributed by atoms with E-state index in [-0.39, 0.29) is 34.2 Å². The van der Waals surface area contributed by atoms with Gasteiger partial charge in [-0.3, -0.25) is 9.59 Å². The number of ether oxygens (including phenoxy) is 3. The Bertz CT molecular complexity index is 1200. The Morgan fingerprint density at radius 2 is 1.35 bits per heavy atom. The minimum absolute atomic E-state index is 0.0852. The van der Waals surface area contributed by atoms with E-state index in [0.717, 1.165) is 0 Å². The van der Waals surface area contributed by atoms with Crippen LogP contribution in [0.3, 0.4) is 0 Å². The Morgan fingerprint density at radius 3 is 2.00 bits per heavy atom. The lowest BCUT2D eigenvalue weighted by Crippen LogP contribution is -2.10. The van der Waals surface area contributed by atoms with Crippen LogP contribution in [0.15, 0.2) is 72.3 Å². The van der Waals surface area contributed by atoms with Gasteiger partial charge in [0, 0.05) is 11.1 Å². The summed E-state index contributed by atoms with van der Waals surface area (Å²) in [7, 11) is 2.91. The summed E-state index contributed by atoms with van der Waals surface area (Å²) >= 11 is 0. The van der Waals surface area contributed by atoms with E-state index in [1.165, 1.54) is 20.3 Å². The molecule has 0 atom stereocenters. The second-order valence-electron chi connectivity index (χ2n) is 6.76. The molecule has 0 amide bonds. The van der Waals surface area contributed by atoms with Gasteiger partial charge in [0.2, 0.25) is 0 Å². The maximum Gasteiger partial charge on any atom is 0.347 e. The minimum atomic E-state index is -0.599. The molecule has 0 bridgehead atoms. The standard InChI is InChI=1S/C25H18O6/c1-29-20-10-6-5-9-18(20)25(28)31-21-12-11-15(14-22(21)30-2)13-19-23(26)16-7-3-4-8-17(16)24(19)27/h3-14H,1-2H3. The number of allylic oxidation sites excluding steroid dienone is 1. The largest absolute Gasteiger partial charge is 0.496 e. The van der Waals surface area contributed by atoms with Crippen LogP contribution in [0.4, 0.5) is 0 Å². The highest BCUT2D eigenvalue weighted by Crippen LogP contribution is 2.32. The van der Waals surface area contributed by atoms with Gasteiger partial charge in [0.1, 0.15) is 11.3 Å². The smallest absolute Gasteiger partial charge is 0.347 e. The summed E-state index contributed by atoms with van der Waals surface area (Å²) < 4.78 is 16.0. The summed E-state index contributed by atoms with van der Waals surface area (Å²) in [5, 5.41) is 0. The summed E-state index contributed by atoms with van der Waals surface area (Å²) in [6.45, 7) is 0.